The number of anilines is 1. The van der Waals surface area contributed by atoms with Gasteiger partial charge in [0.2, 0.25) is 5.91 Å². The molecule has 2 amide bonds. The Balaban J connectivity index is 1.89. The van der Waals surface area contributed by atoms with Crippen molar-refractivity contribution in [3.05, 3.63) is 16.0 Å². The standard InChI is InChI=1S/C16H22N2O5S/c1-9-10(2)24-15(18-11(3)19)14(9)16(21)23-8-13(20)17-7-12-5-4-6-22-12/h12H,4-8H2,1-3H3,(H,17,20)(H,18,19). The van der Waals surface area contributed by atoms with Crippen LogP contribution in [0, 0.1) is 13.8 Å². The van der Waals surface area contributed by atoms with Crippen LogP contribution in [-0.4, -0.2) is 43.6 Å². The van der Waals surface area contributed by atoms with Crippen molar-refractivity contribution in [3.63, 3.8) is 0 Å². The molecule has 0 bridgehead atoms. The molecule has 2 heterocycles. The topological polar surface area (TPSA) is 93.7 Å². The van der Waals surface area contributed by atoms with Crippen molar-refractivity contribution in [2.75, 3.05) is 25.1 Å². The summed E-state index contributed by atoms with van der Waals surface area (Å²) >= 11 is 1.31. The second-order valence-electron chi connectivity index (χ2n) is 5.68. The van der Waals surface area contributed by atoms with Crippen molar-refractivity contribution in [1.29, 1.82) is 0 Å². The molecule has 24 heavy (non-hydrogen) atoms. The van der Waals surface area contributed by atoms with Gasteiger partial charge in [-0.05, 0) is 32.3 Å². The maximum atomic E-state index is 12.3. The van der Waals surface area contributed by atoms with Crippen molar-refractivity contribution in [3.8, 4) is 0 Å². The Morgan fingerprint density at radius 1 is 1.33 bits per heavy atom. The third-order valence-corrected chi connectivity index (χ3v) is 4.89. The van der Waals surface area contributed by atoms with E-state index < -0.39 is 5.97 Å². The lowest BCUT2D eigenvalue weighted by molar-refractivity contribution is -0.124. The van der Waals surface area contributed by atoms with Crippen molar-refractivity contribution >= 4 is 34.1 Å². The Labute approximate surface area is 144 Å². The van der Waals surface area contributed by atoms with Crippen LogP contribution in [0.15, 0.2) is 0 Å². The smallest absolute Gasteiger partial charge is 0.341 e. The summed E-state index contributed by atoms with van der Waals surface area (Å²) in [5.41, 5.74) is 1.05. The van der Waals surface area contributed by atoms with Crippen molar-refractivity contribution in [2.45, 2.75) is 39.7 Å². The number of carbonyl (C=O) groups excluding carboxylic acids is 3. The molecule has 1 saturated heterocycles. The van der Waals surface area contributed by atoms with Gasteiger partial charge in [0.25, 0.3) is 5.91 Å². The Morgan fingerprint density at radius 3 is 2.71 bits per heavy atom. The zero-order valence-electron chi connectivity index (χ0n) is 14.1. The first-order valence-electron chi connectivity index (χ1n) is 7.81. The van der Waals surface area contributed by atoms with Crippen molar-refractivity contribution in [1.82, 2.24) is 5.32 Å². The summed E-state index contributed by atoms with van der Waals surface area (Å²) in [5, 5.41) is 5.76. The van der Waals surface area contributed by atoms with Gasteiger partial charge in [0.15, 0.2) is 6.61 Å². The highest BCUT2D eigenvalue weighted by Gasteiger charge is 2.22. The third kappa shape index (κ3) is 4.78. The lowest BCUT2D eigenvalue weighted by atomic mass is 10.1. The molecule has 1 fully saturated rings. The highest BCUT2D eigenvalue weighted by Crippen LogP contribution is 2.32. The second kappa shape index (κ2) is 8.25. The van der Waals surface area contributed by atoms with Gasteiger partial charge in [-0.2, -0.15) is 0 Å². The summed E-state index contributed by atoms with van der Waals surface area (Å²) in [7, 11) is 0. The Morgan fingerprint density at radius 2 is 2.08 bits per heavy atom. The molecule has 1 aromatic rings. The number of carbonyl (C=O) groups is 3. The summed E-state index contributed by atoms with van der Waals surface area (Å²) in [6.45, 7) is 5.79. The normalized spacial score (nSPS) is 16.7. The van der Waals surface area contributed by atoms with Gasteiger partial charge in [-0.1, -0.05) is 0 Å². The number of aryl methyl sites for hydroxylation is 1. The number of rotatable bonds is 6. The molecule has 2 N–H and O–H groups in total. The van der Waals surface area contributed by atoms with Crippen molar-refractivity contribution in [2.24, 2.45) is 0 Å². The Bertz CT molecular complexity index is 635. The first kappa shape index (κ1) is 18.4. The van der Waals surface area contributed by atoms with E-state index >= 15 is 0 Å². The minimum Gasteiger partial charge on any atom is -0.452 e. The van der Waals surface area contributed by atoms with Gasteiger partial charge in [0, 0.05) is 25.0 Å². The molecule has 1 aliphatic heterocycles. The van der Waals surface area contributed by atoms with E-state index in [1.54, 1.807) is 6.92 Å². The fraction of sp³-hybridized carbons (Fsp3) is 0.562. The van der Waals surface area contributed by atoms with Gasteiger partial charge in [0.1, 0.15) is 5.00 Å². The lowest BCUT2D eigenvalue weighted by Crippen LogP contribution is -2.34. The monoisotopic (exact) mass is 354 g/mol. The maximum Gasteiger partial charge on any atom is 0.341 e. The van der Waals surface area contributed by atoms with Crippen LogP contribution in [0.3, 0.4) is 0 Å². The Hall–Kier alpha value is -1.93. The number of esters is 1. The van der Waals surface area contributed by atoms with E-state index in [1.165, 1.54) is 18.3 Å². The molecule has 132 valence electrons. The fourth-order valence-corrected chi connectivity index (χ4v) is 3.50. The molecule has 8 heteroatoms. The molecule has 1 aromatic heterocycles. The molecule has 1 aliphatic rings. The first-order chi connectivity index (χ1) is 11.4. The van der Waals surface area contributed by atoms with Crippen LogP contribution < -0.4 is 10.6 Å². The Kier molecular flexibility index (Phi) is 6.33. The second-order valence-corrected chi connectivity index (χ2v) is 6.91. The average Bonchev–Trinajstić information content (AvgIpc) is 3.11. The van der Waals surface area contributed by atoms with Crippen LogP contribution in [0.1, 0.15) is 40.6 Å². The largest absolute Gasteiger partial charge is 0.452 e. The predicted molar refractivity (Wildman–Crippen MR) is 90.4 cm³/mol. The molecular formula is C16H22N2O5S. The number of nitrogens with one attached hydrogen (secondary N) is 2. The summed E-state index contributed by atoms with van der Waals surface area (Å²) < 4.78 is 10.5. The molecule has 1 atom stereocenters. The molecule has 7 nitrogen and oxygen atoms in total. The fourth-order valence-electron chi connectivity index (χ4n) is 2.41. The number of amides is 2. The summed E-state index contributed by atoms with van der Waals surface area (Å²) in [6.07, 6.45) is 1.96. The lowest BCUT2D eigenvalue weighted by Gasteiger charge is -2.11. The van der Waals surface area contributed by atoms with Gasteiger partial charge < -0.3 is 20.1 Å². The predicted octanol–water partition coefficient (Wildman–Crippen LogP) is 1.78. The summed E-state index contributed by atoms with van der Waals surface area (Å²) in [4.78, 5) is 36.2. The zero-order valence-corrected chi connectivity index (χ0v) is 14.9. The van der Waals surface area contributed by atoms with E-state index in [0.717, 1.165) is 29.9 Å². The minimum absolute atomic E-state index is 0.0396. The minimum atomic E-state index is -0.618. The van der Waals surface area contributed by atoms with Crippen molar-refractivity contribution < 1.29 is 23.9 Å². The highest BCUT2D eigenvalue weighted by atomic mass is 32.1. The van der Waals surface area contributed by atoms with Crippen LogP contribution >= 0.6 is 11.3 Å². The molecule has 0 aromatic carbocycles. The van der Waals surface area contributed by atoms with Crippen LogP contribution in [0.2, 0.25) is 0 Å². The van der Waals surface area contributed by atoms with Gasteiger partial charge >= 0.3 is 5.97 Å². The SMILES string of the molecule is CC(=O)Nc1sc(C)c(C)c1C(=O)OCC(=O)NCC1CCCO1. The van der Waals surface area contributed by atoms with E-state index in [9.17, 15) is 14.4 Å². The molecule has 0 radical (unpaired) electrons. The summed E-state index contributed by atoms with van der Waals surface area (Å²) in [5.74, 6) is -1.25. The van der Waals surface area contributed by atoms with E-state index in [1.807, 2.05) is 6.92 Å². The highest BCUT2D eigenvalue weighted by molar-refractivity contribution is 7.16. The summed E-state index contributed by atoms with van der Waals surface area (Å²) in [6, 6.07) is 0. The third-order valence-electron chi connectivity index (χ3n) is 3.76. The van der Waals surface area contributed by atoms with Crippen LogP contribution in [0.25, 0.3) is 0 Å². The molecule has 0 spiro atoms. The molecular weight excluding hydrogens is 332 g/mol. The van der Waals surface area contributed by atoms with Gasteiger partial charge in [-0.25, -0.2) is 4.79 Å². The first-order valence-corrected chi connectivity index (χ1v) is 8.63. The molecule has 2 rings (SSSR count). The number of hydrogen-bond acceptors (Lipinski definition) is 6. The number of thiophene rings is 1. The molecule has 0 saturated carbocycles. The zero-order chi connectivity index (χ0) is 17.7. The quantitative estimate of drug-likeness (QED) is 0.760. The van der Waals surface area contributed by atoms with E-state index in [0.29, 0.717) is 17.1 Å². The number of ether oxygens (including phenoxy) is 2. The van der Waals surface area contributed by atoms with Gasteiger partial charge in [-0.3, -0.25) is 9.59 Å². The number of hydrogen-bond donors (Lipinski definition) is 2. The van der Waals surface area contributed by atoms with Crippen LogP contribution in [0.5, 0.6) is 0 Å². The molecule has 1 unspecified atom stereocenters. The molecule has 0 aliphatic carbocycles. The van der Waals surface area contributed by atoms with Gasteiger partial charge in [-0.15, -0.1) is 11.3 Å². The van der Waals surface area contributed by atoms with Gasteiger partial charge in [0.05, 0.1) is 11.7 Å². The maximum absolute atomic E-state index is 12.3. The van der Waals surface area contributed by atoms with E-state index in [-0.39, 0.29) is 24.5 Å². The van der Waals surface area contributed by atoms with Crippen LogP contribution in [0.4, 0.5) is 5.00 Å². The average molecular weight is 354 g/mol. The van der Waals surface area contributed by atoms with Crippen LogP contribution in [-0.2, 0) is 19.1 Å². The van der Waals surface area contributed by atoms with E-state index in [2.05, 4.69) is 10.6 Å². The van der Waals surface area contributed by atoms with E-state index in [4.69, 9.17) is 9.47 Å².